The van der Waals surface area contributed by atoms with Crippen molar-refractivity contribution in [3.63, 3.8) is 0 Å². The molecule has 0 saturated carbocycles. The van der Waals surface area contributed by atoms with E-state index in [-0.39, 0.29) is 18.9 Å². The van der Waals surface area contributed by atoms with E-state index >= 15 is 0 Å². The lowest BCUT2D eigenvalue weighted by atomic mass is 10.2. The number of hydrazone groups is 1. The molecule has 0 atom stereocenters. The number of halogens is 2. The van der Waals surface area contributed by atoms with E-state index in [1.54, 1.807) is 25.1 Å². The molecule has 0 aliphatic heterocycles. The van der Waals surface area contributed by atoms with Gasteiger partial charge in [0, 0.05) is 10.7 Å². The van der Waals surface area contributed by atoms with Gasteiger partial charge in [-0.1, -0.05) is 35.3 Å². The number of carbonyl (C=O) groups excluding carboxylic acids is 2. The summed E-state index contributed by atoms with van der Waals surface area (Å²) >= 11 is 11.8. The van der Waals surface area contributed by atoms with Crippen LogP contribution in [0.2, 0.25) is 10.0 Å². The monoisotopic (exact) mass is 407 g/mol. The van der Waals surface area contributed by atoms with Gasteiger partial charge in [-0.3, -0.25) is 9.59 Å². The molecule has 0 unspecified atom stereocenters. The van der Waals surface area contributed by atoms with Crippen LogP contribution in [0.4, 0.5) is 5.69 Å². The number of nitrogens with zero attached hydrogens (tertiary/aromatic N) is 1. The number of rotatable bonds is 7. The average molecular weight is 408 g/mol. The molecule has 8 heteroatoms. The Hall–Kier alpha value is -2.57. The fourth-order valence-electron chi connectivity index (χ4n) is 2.10. The van der Waals surface area contributed by atoms with Crippen LogP contribution in [0, 0.1) is 6.92 Å². The van der Waals surface area contributed by atoms with E-state index in [0.717, 1.165) is 5.56 Å². The number of carbonyl (C=O) groups is 2. The number of nitrogens with one attached hydrogen (secondary N) is 2. The predicted octanol–water partition coefficient (Wildman–Crippen LogP) is 4.20. The van der Waals surface area contributed by atoms with Crippen molar-refractivity contribution in [3.8, 4) is 5.75 Å². The molecule has 0 radical (unpaired) electrons. The lowest BCUT2D eigenvalue weighted by Gasteiger charge is -2.08. The van der Waals surface area contributed by atoms with Gasteiger partial charge in [0.25, 0.3) is 5.91 Å². The Morgan fingerprint density at radius 3 is 2.59 bits per heavy atom. The molecule has 2 aromatic carbocycles. The first-order chi connectivity index (χ1) is 12.8. The molecule has 0 bridgehead atoms. The van der Waals surface area contributed by atoms with Gasteiger partial charge in [0.1, 0.15) is 5.75 Å². The highest BCUT2D eigenvalue weighted by Gasteiger charge is 2.09. The van der Waals surface area contributed by atoms with E-state index in [1.807, 2.05) is 25.1 Å². The van der Waals surface area contributed by atoms with Crippen LogP contribution in [-0.2, 0) is 9.59 Å². The van der Waals surface area contributed by atoms with Gasteiger partial charge < -0.3 is 10.1 Å². The number of hydrogen-bond acceptors (Lipinski definition) is 4. The molecule has 2 amide bonds. The van der Waals surface area contributed by atoms with Crippen LogP contribution in [0.15, 0.2) is 47.6 Å². The molecule has 2 N–H and O–H groups in total. The fraction of sp³-hybridized carbons (Fsp3) is 0.211. The minimum atomic E-state index is -0.419. The summed E-state index contributed by atoms with van der Waals surface area (Å²) in [6.45, 7) is 3.39. The average Bonchev–Trinajstić information content (AvgIpc) is 2.60. The van der Waals surface area contributed by atoms with Crippen molar-refractivity contribution in [1.82, 2.24) is 5.43 Å². The predicted molar refractivity (Wildman–Crippen MR) is 108 cm³/mol. The zero-order valence-electron chi connectivity index (χ0n) is 14.9. The molecule has 0 aliphatic rings. The summed E-state index contributed by atoms with van der Waals surface area (Å²) in [5, 5.41) is 7.37. The molecular formula is C19H19Cl2N3O3. The number of hydrogen-bond donors (Lipinski definition) is 2. The minimum Gasteiger partial charge on any atom is -0.484 e. The van der Waals surface area contributed by atoms with E-state index < -0.39 is 5.91 Å². The molecule has 2 rings (SSSR count). The lowest BCUT2D eigenvalue weighted by molar-refractivity contribution is -0.123. The molecule has 6 nitrogen and oxygen atoms in total. The van der Waals surface area contributed by atoms with Crippen molar-refractivity contribution in [2.24, 2.45) is 5.10 Å². The first-order valence-electron chi connectivity index (χ1n) is 8.10. The Kier molecular flexibility index (Phi) is 7.64. The van der Waals surface area contributed by atoms with Crippen LogP contribution in [-0.4, -0.2) is 24.1 Å². The summed E-state index contributed by atoms with van der Waals surface area (Å²) in [6.07, 6.45) is -0.00201. The Morgan fingerprint density at radius 2 is 1.89 bits per heavy atom. The summed E-state index contributed by atoms with van der Waals surface area (Å²) < 4.78 is 5.38. The molecule has 0 fully saturated rings. The van der Waals surface area contributed by atoms with Crippen LogP contribution in [0.5, 0.6) is 5.75 Å². The number of benzene rings is 2. The number of anilines is 1. The van der Waals surface area contributed by atoms with E-state index in [1.165, 1.54) is 6.07 Å². The van der Waals surface area contributed by atoms with E-state index in [0.29, 0.717) is 27.2 Å². The summed E-state index contributed by atoms with van der Waals surface area (Å²) in [6, 6.07) is 12.1. The molecule has 0 aliphatic carbocycles. The molecule has 0 saturated heterocycles. The maximum atomic E-state index is 12.0. The smallest absolute Gasteiger partial charge is 0.277 e. The Balaban J connectivity index is 1.78. The first kappa shape index (κ1) is 20.7. The molecule has 0 heterocycles. The lowest BCUT2D eigenvalue weighted by Crippen LogP contribution is -2.26. The fourth-order valence-corrected chi connectivity index (χ4v) is 2.56. The van der Waals surface area contributed by atoms with Gasteiger partial charge in [-0.05, 0) is 49.7 Å². The number of aryl methyl sites for hydroxylation is 1. The normalized spacial score (nSPS) is 11.0. The summed E-state index contributed by atoms with van der Waals surface area (Å²) in [5.41, 5.74) is 4.28. The van der Waals surface area contributed by atoms with Crippen LogP contribution < -0.4 is 15.5 Å². The van der Waals surface area contributed by atoms with Crippen molar-refractivity contribution in [1.29, 1.82) is 0 Å². The van der Waals surface area contributed by atoms with Crippen molar-refractivity contribution in [2.45, 2.75) is 20.3 Å². The highest BCUT2D eigenvalue weighted by molar-refractivity contribution is 6.36. The second-order valence-electron chi connectivity index (χ2n) is 5.84. The number of ether oxygens (including phenoxy) is 1. The third kappa shape index (κ3) is 7.29. The second kappa shape index (κ2) is 9.94. The van der Waals surface area contributed by atoms with Gasteiger partial charge in [0.2, 0.25) is 5.91 Å². The van der Waals surface area contributed by atoms with Crippen LogP contribution in [0.1, 0.15) is 18.9 Å². The maximum Gasteiger partial charge on any atom is 0.277 e. The van der Waals surface area contributed by atoms with Crippen molar-refractivity contribution >= 4 is 46.4 Å². The molecule has 142 valence electrons. The van der Waals surface area contributed by atoms with Crippen LogP contribution in [0.3, 0.4) is 0 Å². The molecule has 0 spiro atoms. The largest absolute Gasteiger partial charge is 0.484 e. The van der Waals surface area contributed by atoms with E-state index in [4.69, 9.17) is 27.9 Å². The Morgan fingerprint density at radius 1 is 1.11 bits per heavy atom. The molecule has 2 aromatic rings. The Bertz CT molecular complexity index is 869. The topological polar surface area (TPSA) is 79.8 Å². The molecular weight excluding hydrogens is 389 g/mol. The maximum absolute atomic E-state index is 12.0. The van der Waals surface area contributed by atoms with Gasteiger partial charge in [0.05, 0.1) is 17.1 Å². The zero-order chi connectivity index (χ0) is 19.8. The van der Waals surface area contributed by atoms with Crippen molar-refractivity contribution < 1.29 is 14.3 Å². The molecule has 27 heavy (non-hydrogen) atoms. The Labute approximate surface area is 167 Å². The standard InChI is InChI=1S/C19H19Cl2N3O3/c1-12-4-3-5-15(8-12)27-11-19(26)24-23-13(2)9-18(25)22-17-7-6-14(20)10-16(17)21/h3-8,10H,9,11H2,1-2H3,(H,22,25)(H,24,26)/b23-13+. The van der Waals surface area contributed by atoms with Crippen molar-refractivity contribution in [2.75, 3.05) is 11.9 Å². The summed E-state index contributed by atoms with van der Waals surface area (Å²) in [4.78, 5) is 23.8. The van der Waals surface area contributed by atoms with Gasteiger partial charge in [-0.15, -0.1) is 0 Å². The third-order valence-corrected chi connectivity index (χ3v) is 3.90. The zero-order valence-corrected chi connectivity index (χ0v) is 16.4. The number of amides is 2. The van der Waals surface area contributed by atoms with Crippen molar-refractivity contribution in [3.05, 3.63) is 58.1 Å². The second-order valence-corrected chi connectivity index (χ2v) is 6.68. The van der Waals surface area contributed by atoms with E-state index in [2.05, 4.69) is 15.8 Å². The van der Waals surface area contributed by atoms with Gasteiger partial charge in [-0.2, -0.15) is 5.10 Å². The SMILES string of the molecule is C/C(CC(=O)Nc1ccc(Cl)cc1Cl)=N\NC(=O)COc1cccc(C)c1. The van der Waals surface area contributed by atoms with E-state index in [9.17, 15) is 9.59 Å². The molecule has 0 aromatic heterocycles. The van der Waals surface area contributed by atoms with Gasteiger partial charge >= 0.3 is 0 Å². The minimum absolute atomic E-state index is 0.00201. The summed E-state index contributed by atoms with van der Waals surface area (Å²) in [7, 11) is 0. The quantitative estimate of drug-likeness (QED) is 0.532. The first-order valence-corrected chi connectivity index (χ1v) is 8.85. The van der Waals surface area contributed by atoms with Gasteiger partial charge in [-0.25, -0.2) is 5.43 Å². The third-order valence-electron chi connectivity index (χ3n) is 3.35. The summed E-state index contributed by atoms with van der Waals surface area (Å²) in [5.74, 6) is -0.132. The highest BCUT2D eigenvalue weighted by Crippen LogP contribution is 2.25. The highest BCUT2D eigenvalue weighted by atomic mass is 35.5. The van der Waals surface area contributed by atoms with Crippen LogP contribution in [0.25, 0.3) is 0 Å². The van der Waals surface area contributed by atoms with Gasteiger partial charge in [0.15, 0.2) is 6.61 Å². The van der Waals surface area contributed by atoms with Crippen LogP contribution >= 0.6 is 23.2 Å².